The molecule has 5 heteroatoms. The molecule has 0 bridgehead atoms. The van der Waals surface area contributed by atoms with Gasteiger partial charge in [-0.25, -0.2) is 0 Å². The average Bonchev–Trinajstić information content (AvgIpc) is 3.53. The number of hydrogen-bond donors (Lipinski definition) is 2. The Kier molecular flexibility index (Phi) is 6.79. The first-order valence-corrected chi connectivity index (χ1v) is 16.6. The van der Waals surface area contributed by atoms with Crippen LogP contribution in [0.25, 0.3) is 65.9 Å². The molecule has 0 aliphatic heterocycles. The number of H-pyrrole nitrogens is 2. The maximum Gasteiger partial charge on any atom is 0.0560 e. The van der Waals surface area contributed by atoms with Gasteiger partial charge in [0.1, 0.15) is 0 Å². The quantitative estimate of drug-likeness (QED) is 0.182. The number of hydrogen-bond acceptors (Lipinski definition) is 0. The molecule has 7 rings (SSSR count). The minimum absolute atomic E-state index is 0.0464. The number of rotatable bonds is 2. The molecule has 0 fully saturated rings. The normalized spacial score (nSPS) is 12.8. The van der Waals surface area contributed by atoms with Gasteiger partial charge in [-0.15, -0.1) is 0 Å². The lowest BCUT2D eigenvalue weighted by molar-refractivity contribution is 0.591. The van der Waals surface area contributed by atoms with E-state index in [-0.39, 0.29) is 10.8 Å². The molecule has 0 saturated heterocycles. The SMILES string of the molecule is Cc1cc(-c2ccc(Cl)c3c2[nH]c2ccc(C(C)(C)C)cc23)c(Br)cc1-c1ccc(Cl)c2c1[nH]c1ccc(C(C)(C)C)cc12. The summed E-state index contributed by atoms with van der Waals surface area (Å²) in [4.78, 5) is 7.39. The Hall–Kier alpha value is -3.24. The van der Waals surface area contributed by atoms with Gasteiger partial charge in [0.15, 0.2) is 0 Å². The van der Waals surface area contributed by atoms with Crippen LogP contribution in [0.5, 0.6) is 0 Å². The van der Waals surface area contributed by atoms with Gasteiger partial charge in [-0.1, -0.05) is 105 Å². The molecule has 2 N–H and O–H groups in total. The zero-order valence-electron chi connectivity index (χ0n) is 26.1. The van der Waals surface area contributed by atoms with Gasteiger partial charge in [0.2, 0.25) is 0 Å². The van der Waals surface area contributed by atoms with Crippen molar-refractivity contribution in [2.75, 3.05) is 0 Å². The highest BCUT2D eigenvalue weighted by Crippen LogP contribution is 2.45. The number of benzene rings is 5. The van der Waals surface area contributed by atoms with E-state index in [1.807, 2.05) is 12.1 Å². The zero-order valence-corrected chi connectivity index (χ0v) is 29.2. The van der Waals surface area contributed by atoms with E-state index in [0.717, 1.165) is 80.4 Å². The molecule has 0 aliphatic carbocycles. The smallest absolute Gasteiger partial charge is 0.0560 e. The third kappa shape index (κ3) is 4.67. The fraction of sp³-hybridized carbons (Fsp3) is 0.231. The summed E-state index contributed by atoms with van der Waals surface area (Å²) in [7, 11) is 0. The Morgan fingerprint density at radius 2 is 1.00 bits per heavy atom. The first-order valence-electron chi connectivity index (χ1n) is 15.0. The van der Waals surface area contributed by atoms with Gasteiger partial charge < -0.3 is 9.97 Å². The summed E-state index contributed by atoms with van der Waals surface area (Å²) in [6, 6.07) is 26.1. The summed E-state index contributed by atoms with van der Waals surface area (Å²) in [5, 5.41) is 5.95. The Morgan fingerprint density at radius 1 is 0.545 bits per heavy atom. The van der Waals surface area contributed by atoms with Gasteiger partial charge in [-0.3, -0.25) is 0 Å². The average molecular weight is 683 g/mol. The van der Waals surface area contributed by atoms with Crippen molar-refractivity contribution >= 4 is 82.7 Å². The highest BCUT2D eigenvalue weighted by Gasteiger charge is 2.22. The van der Waals surface area contributed by atoms with E-state index < -0.39 is 0 Å². The van der Waals surface area contributed by atoms with Crippen molar-refractivity contribution in [3.63, 3.8) is 0 Å². The van der Waals surface area contributed by atoms with Crippen molar-refractivity contribution in [1.29, 1.82) is 0 Å². The molecule has 222 valence electrons. The Bertz CT molecular complexity index is 2130. The molecule has 0 atom stereocenters. The van der Waals surface area contributed by atoms with Gasteiger partial charge in [-0.2, -0.15) is 0 Å². The summed E-state index contributed by atoms with van der Waals surface area (Å²) in [5.74, 6) is 0. The molecule has 0 saturated carbocycles. The lowest BCUT2D eigenvalue weighted by Gasteiger charge is -2.19. The van der Waals surface area contributed by atoms with Crippen LogP contribution in [0.15, 0.2) is 77.3 Å². The van der Waals surface area contributed by atoms with Gasteiger partial charge in [0, 0.05) is 48.2 Å². The van der Waals surface area contributed by atoms with Crippen LogP contribution >= 0.6 is 39.1 Å². The largest absolute Gasteiger partial charge is 0.354 e. The van der Waals surface area contributed by atoms with E-state index in [0.29, 0.717) is 0 Å². The van der Waals surface area contributed by atoms with E-state index in [2.05, 4.69) is 135 Å². The molecule has 2 aromatic heterocycles. The molecule has 2 heterocycles. The number of fused-ring (bicyclic) bond motifs is 6. The summed E-state index contributed by atoms with van der Waals surface area (Å²) >= 11 is 17.7. The Labute approximate surface area is 276 Å². The minimum atomic E-state index is 0.0464. The van der Waals surface area contributed by atoms with Crippen LogP contribution in [0.1, 0.15) is 58.2 Å². The number of halogens is 3. The van der Waals surface area contributed by atoms with E-state index in [4.69, 9.17) is 23.2 Å². The molecule has 0 unspecified atom stereocenters. The molecule has 0 radical (unpaired) electrons. The predicted octanol–water partition coefficient (Wildman–Crippen LogP) is 13.3. The third-order valence-corrected chi connectivity index (χ3v) is 10.3. The molecular weight excluding hydrogens is 647 g/mol. The Balaban J connectivity index is 1.41. The summed E-state index contributed by atoms with van der Waals surface area (Å²) < 4.78 is 1.02. The molecule has 2 nitrogen and oxygen atoms in total. The van der Waals surface area contributed by atoms with Gasteiger partial charge in [-0.05, 0) is 94.1 Å². The third-order valence-electron chi connectivity index (χ3n) is 9.03. The van der Waals surface area contributed by atoms with E-state index >= 15 is 0 Å². The topological polar surface area (TPSA) is 31.6 Å². The molecule has 0 aliphatic rings. The fourth-order valence-corrected chi connectivity index (χ4v) is 7.57. The van der Waals surface area contributed by atoms with Crippen LogP contribution < -0.4 is 0 Å². The van der Waals surface area contributed by atoms with Crippen LogP contribution in [0.3, 0.4) is 0 Å². The van der Waals surface area contributed by atoms with Crippen LogP contribution in [0.2, 0.25) is 10.0 Å². The highest BCUT2D eigenvalue weighted by molar-refractivity contribution is 9.10. The summed E-state index contributed by atoms with van der Waals surface area (Å²) in [5.41, 5.74) is 12.6. The standard InChI is InChI=1S/C39H35BrCl2N2/c1-20-16-26(24-11-13-31(42)35-28-18-22(39(5,6)7)9-15-33(28)44-37(24)35)29(40)19-25(20)23-10-12-30(41)34-27-17-21(38(2,3)4)8-14-32(27)43-36(23)34/h8-19,43-44H,1-7H3. The summed E-state index contributed by atoms with van der Waals surface area (Å²) in [6.07, 6.45) is 0. The van der Waals surface area contributed by atoms with Crippen molar-refractivity contribution in [2.24, 2.45) is 0 Å². The second kappa shape index (κ2) is 10.1. The second-order valence-electron chi connectivity index (χ2n) is 14.1. The van der Waals surface area contributed by atoms with Crippen molar-refractivity contribution in [2.45, 2.75) is 59.3 Å². The fourth-order valence-electron chi connectivity index (χ4n) is 6.49. The number of aromatic nitrogens is 2. The van der Waals surface area contributed by atoms with Crippen LogP contribution in [-0.2, 0) is 10.8 Å². The number of aryl methyl sites for hydroxylation is 1. The van der Waals surface area contributed by atoms with Crippen molar-refractivity contribution < 1.29 is 0 Å². The molecule has 0 amide bonds. The van der Waals surface area contributed by atoms with Crippen LogP contribution in [-0.4, -0.2) is 9.97 Å². The van der Waals surface area contributed by atoms with E-state index in [9.17, 15) is 0 Å². The zero-order chi connectivity index (χ0) is 31.3. The maximum atomic E-state index is 6.87. The first kappa shape index (κ1) is 29.5. The maximum absolute atomic E-state index is 6.87. The number of nitrogens with one attached hydrogen (secondary N) is 2. The van der Waals surface area contributed by atoms with Crippen molar-refractivity contribution in [1.82, 2.24) is 9.97 Å². The van der Waals surface area contributed by atoms with Crippen LogP contribution in [0.4, 0.5) is 0 Å². The van der Waals surface area contributed by atoms with Crippen molar-refractivity contribution in [3.8, 4) is 22.3 Å². The minimum Gasteiger partial charge on any atom is -0.354 e. The first-order chi connectivity index (χ1) is 20.7. The molecular formula is C39H35BrCl2N2. The van der Waals surface area contributed by atoms with E-state index in [1.54, 1.807) is 0 Å². The van der Waals surface area contributed by atoms with Gasteiger partial charge in [0.05, 0.1) is 21.1 Å². The lowest BCUT2D eigenvalue weighted by atomic mass is 9.86. The lowest BCUT2D eigenvalue weighted by Crippen LogP contribution is -2.10. The van der Waals surface area contributed by atoms with Gasteiger partial charge >= 0.3 is 0 Å². The molecule has 44 heavy (non-hydrogen) atoms. The monoisotopic (exact) mass is 680 g/mol. The molecule has 5 aromatic carbocycles. The van der Waals surface area contributed by atoms with Gasteiger partial charge in [0.25, 0.3) is 0 Å². The Morgan fingerprint density at radius 3 is 1.45 bits per heavy atom. The molecule has 0 spiro atoms. The highest BCUT2D eigenvalue weighted by atomic mass is 79.9. The van der Waals surface area contributed by atoms with Crippen molar-refractivity contribution in [3.05, 3.63) is 104 Å². The molecule has 7 aromatic rings. The predicted molar refractivity (Wildman–Crippen MR) is 196 cm³/mol. The summed E-state index contributed by atoms with van der Waals surface area (Å²) in [6.45, 7) is 15.6. The second-order valence-corrected chi connectivity index (χ2v) is 15.8. The number of aromatic amines is 2. The van der Waals surface area contributed by atoms with Crippen LogP contribution in [0, 0.1) is 6.92 Å². The van der Waals surface area contributed by atoms with E-state index in [1.165, 1.54) is 16.7 Å².